The van der Waals surface area contributed by atoms with Gasteiger partial charge in [0.2, 0.25) is 0 Å². The Morgan fingerprint density at radius 3 is 2.67 bits per heavy atom. The quantitative estimate of drug-likeness (QED) is 0.903. The van der Waals surface area contributed by atoms with E-state index in [4.69, 9.17) is 4.98 Å². The van der Waals surface area contributed by atoms with Crippen LogP contribution in [0.5, 0.6) is 0 Å². The molecule has 1 N–H and O–H groups in total. The molecule has 0 bridgehead atoms. The Labute approximate surface area is 128 Å². The van der Waals surface area contributed by atoms with Crippen LogP contribution in [0.1, 0.15) is 64.6 Å². The van der Waals surface area contributed by atoms with Crippen LogP contribution >= 0.6 is 11.3 Å². The van der Waals surface area contributed by atoms with Crippen molar-refractivity contribution in [2.45, 2.75) is 44.9 Å². The second-order valence-electron chi connectivity index (χ2n) is 6.58. The van der Waals surface area contributed by atoms with Crippen LogP contribution in [0.25, 0.3) is 0 Å². The predicted molar refractivity (Wildman–Crippen MR) is 84.4 cm³/mol. The Balaban J connectivity index is 2.07. The van der Waals surface area contributed by atoms with Crippen LogP contribution < -0.4 is 0 Å². The highest BCUT2D eigenvalue weighted by Gasteiger charge is 2.32. The van der Waals surface area contributed by atoms with Crippen LogP contribution in [0.15, 0.2) is 24.3 Å². The molecule has 0 spiro atoms. The molecular formula is C17H19NO2S. The van der Waals surface area contributed by atoms with E-state index in [0.29, 0.717) is 10.6 Å². The highest BCUT2D eigenvalue weighted by Crippen LogP contribution is 2.41. The first-order valence-electron chi connectivity index (χ1n) is 7.20. The van der Waals surface area contributed by atoms with Gasteiger partial charge in [-0.3, -0.25) is 0 Å². The average Bonchev–Trinajstić information content (AvgIpc) is 3.01. The fourth-order valence-corrected chi connectivity index (χ4v) is 4.22. The third-order valence-electron chi connectivity index (χ3n) is 3.98. The molecule has 21 heavy (non-hydrogen) atoms. The van der Waals surface area contributed by atoms with Crippen molar-refractivity contribution >= 4 is 17.3 Å². The van der Waals surface area contributed by atoms with Gasteiger partial charge in [-0.15, -0.1) is 11.3 Å². The third-order valence-corrected chi connectivity index (χ3v) is 5.14. The number of carbonyl (C=O) groups is 1. The van der Waals surface area contributed by atoms with E-state index in [9.17, 15) is 9.90 Å². The lowest BCUT2D eigenvalue weighted by molar-refractivity contribution is 0.0699. The molecule has 0 saturated heterocycles. The number of benzene rings is 1. The smallest absolute Gasteiger partial charge is 0.347 e. The maximum Gasteiger partial charge on any atom is 0.347 e. The molecule has 1 atom stereocenters. The molecule has 3 rings (SSSR count). The lowest BCUT2D eigenvalue weighted by Gasteiger charge is -2.16. The fraction of sp³-hybridized carbons (Fsp3) is 0.412. The monoisotopic (exact) mass is 301 g/mol. The first-order valence-corrected chi connectivity index (χ1v) is 8.02. The number of aromatic nitrogens is 1. The Kier molecular flexibility index (Phi) is 3.36. The van der Waals surface area contributed by atoms with E-state index in [0.717, 1.165) is 17.8 Å². The summed E-state index contributed by atoms with van der Waals surface area (Å²) in [7, 11) is 0. The Morgan fingerprint density at radius 1 is 1.33 bits per heavy atom. The molecule has 0 aliphatic heterocycles. The number of fused-ring (bicyclic) bond motifs is 1. The molecule has 1 aromatic heterocycles. The summed E-state index contributed by atoms with van der Waals surface area (Å²) in [6.07, 6.45) is 2.07. The minimum absolute atomic E-state index is 0.249. The van der Waals surface area contributed by atoms with E-state index in [1.807, 2.05) is 26.8 Å². The SMILES string of the molecule is CC(C)(C)c1nc(C2CCc3ccccc32)sc1C(=O)O. The summed E-state index contributed by atoms with van der Waals surface area (Å²) in [5.41, 5.74) is 3.13. The molecule has 1 unspecified atom stereocenters. The molecular weight excluding hydrogens is 282 g/mol. The number of nitrogens with zero attached hydrogens (tertiary/aromatic N) is 1. The topological polar surface area (TPSA) is 50.2 Å². The highest BCUT2D eigenvalue weighted by atomic mass is 32.1. The minimum Gasteiger partial charge on any atom is -0.477 e. The fourth-order valence-electron chi connectivity index (χ4n) is 2.95. The van der Waals surface area contributed by atoms with E-state index in [2.05, 4.69) is 18.2 Å². The molecule has 1 aliphatic rings. The molecule has 4 heteroatoms. The van der Waals surface area contributed by atoms with Crippen LogP contribution in [-0.2, 0) is 11.8 Å². The standard InChI is InChI=1S/C17H19NO2S/c1-17(2,3)14-13(16(19)20)21-15(18-14)12-9-8-10-6-4-5-7-11(10)12/h4-7,12H,8-9H2,1-3H3,(H,19,20). The van der Waals surface area contributed by atoms with Crippen LogP contribution in [0.4, 0.5) is 0 Å². The van der Waals surface area contributed by atoms with Crippen molar-refractivity contribution in [3.05, 3.63) is 51.0 Å². The van der Waals surface area contributed by atoms with Crippen molar-refractivity contribution < 1.29 is 9.90 Å². The number of aryl methyl sites for hydroxylation is 1. The number of aromatic carboxylic acids is 1. The first kappa shape index (κ1) is 14.3. The zero-order valence-electron chi connectivity index (χ0n) is 12.5. The highest BCUT2D eigenvalue weighted by molar-refractivity contribution is 7.13. The molecule has 0 amide bonds. The van der Waals surface area contributed by atoms with Crippen molar-refractivity contribution in [3.63, 3.8) is 0 Å². The van der Waals surface area contributed by atoms with Crippen molar-refractivity contribution in [1.82, 2.24) is 4.98 Å². The molecule has 1 aromatic carbocycles. The Bertz CT molecular complexity index is 697. The third kappa shape index (κ3) is 2.48. The lowest BCUT2D eigenvalue weighted by Crippen LogP contribution is -2.16. The Morgan fingerprint density at radius 2 is 2.05 bits per heavy atom. The second-order valence-corrected chi connectivity index (χ2v) is 7.61. The first-order chi connectivity index (χ1) is 9.88. The van der Waals surface area contributed by atoms with E-state index in [1.54, 1.807) is 0 Å². The van der Waals surface area contributed by atoms with E-state index >= 15 is 0 Å². The normalized spacial score (nSPS) is 17.8. The molecule has 1 aliphatic carbocycles. The molecule has 110 valence electrons. The summed E-state index contributed by atoms with van der Waals surface area (Å²) in [4.78, 5) is 16.6. The van der Waals surface area contributed by atoms with Crippen molar-refractivity contribution in [2.24, 2.45) is 0 Å². The van der Waals surface area contributed by atoms with Gasteiger partial charge in [0.25, 0.3) is 0 Å². The summed E-state index contributed by atoms with van der Waals surface area (Å²) < 4.78 is 0. The van der Waals surface area contributed by atoms with Crippen LogP contribution in [-0.4, -0.2) is 16.1 Å². The maximum absolute atomic E-state index is 11.5. The zero-order valence-corrected chi connectivity index (χ0v) is 13.3. The number of hydrogen-bond acceptors (Lipinski definition) is 3. The van der Waals surface area contributed by atoms with Gasteiger partial charge in [0.15, 0.2) is 0 Å². The molecule has 3 nitrogen and oxygen atoms in total. The van der Waals surface area contributed by atoms with Crippen LogP contribution in [0.2, 0.25) is 0 Å². The number of carboxylic acids is 1. The van der Waals surface area contributed by atoms with Gasteiger partial charge in [-0.25, -0.2) is 9.78 Å². The predicted octanol–water partition coefficient (Wildman–Crippen LogP) is 4.22. The van der Waals surface area contributed by atoms with Crippen molar-refractivity contribution in [2.75, 3.05) is 0 Å². The van der Waals surface area contributed by atoms with Gasteiger partial charge < -0.3 is 5.11 Å². The summed E-state index contributed by atoms with van der Waals surface area (Å²) in [6, 6.07) is 8.41. The molecule has 1 heterocycles. The van der Waals surface area contributed by atoms with E-state index in [-0.39, 0.29) is 11.3 Å². The van der Waals surface area contributed by atoms with Crippen molar-refractivity contribution in [1.29, 1.82) is 0 Å². The number of thiazole rings is 1. The molecule has 0 radical (unpaired) electrons. The molecule has 2 aromatic rings. The lowest BCUT2D eigenvalue weighted by atomic mass is 9.91. The summed E-state index contributed by atoms with van der Waals surface area (Å²) in [5, 5.41) is 10.4. The van der Waals surface area contributed by atoms with E-state index < -0.39 is 5.97 Å². The van der Waals surface area contributed by atoms with Crippen LogP contribution in [0.3, 0.4) is 0 Å². The Hall–Kier alpha value is -1.68. The van der Waals surface area contributed by atoms with Gasteiger partial charge >= 0.3 is 5.97 Å². The van der Waals surface area contributed by atoms with Crippen molar-refractivity contribution in [3.8, 4) is 0 Å². The van der Waals surface area contributed by atoms with E-state index in [1.165, 1.54) is 22.5 Å². The minimum atomic E-state index is -0.866. The van der Waals surface area contributed by atoms with Gasteiger partial charge in [-0.2, -0.15) is 0 Å². The number of rotatable bonds is 2. The summed E-state index contributed by atoms with van der Waals surface area (Å²) in [6.45, 7) is 6.04. The summed E-state index contributed by atoms with van der Waals surface area (Å²) >= 11 is 1.34. The maximum atomic E-state index is 11.5. The zero-order chi connectivity index (χ0) is 15.2. The van der Waals surface area contributed by atoms with Gasteiger partial charge in [0.1, 0.15) is 9.88 Å². The largest absolute Gasteiger partial charge is 0.477 e. The van der Waals surface area contributed by atoms with Crippen LogP contribution in [0, 0.1) is 0 Å². The number of carboxylic acid groups (broad SMARTS) is 1. The van der Waals surface area contributed by atoms with Gasteiger partial charge in [0, 0.05) is 11.3 Å². The van der Waals surface area contributed by atoms with Gasteiger partial charge in [-0.1, -0.05) is 45.0 Å². The van der Waals surface area contributed by atoms with Gasteiger partial charge in [-0.05, 0) is 24.0 Å². The second kappa shape index (κ2) is 4.95. The molecule has 0 saturated carbocycles. The average molecular weight is 301 g/mol. The number of hydrogen-bond donors (Lipinski definition) is 1. The molecule has 0 fully saturated rings. The van der Waals surface area contributed by atoms with Gasteiger partial charge in [0.05, 0.1) is 5.69 Å². The summed E-state index contributed by atoms with van der Waals surface area (Å²) in [5.74, 6) is -0.615.